The van der Waals surface area contributed by atoms with Crippen LogP contribution in [0.5, 0.6) is 11.5 Å². The highest BCUT2D eigenvalue weighted by Gasteiger charge is 2.53. The van der Waals surface area contributed by atoms with Crippen LogP contribution in [0.25, 0.3) is 0 Å². The van der Waals surface area contributed by atoms with Crippen molar-refractivity contribution < 1.29 is 24.8 Å². The Morgan fingerprint density at radius 2 is 1.61 bits per heavy atom. The summed E-state index contributed by atoms with van der Waals surface area (Å²) >= 11 is 0. The molecule has 0 radical (unpaired) electrons. The second-order valence-corrected chi connectivity index (χ2v) is 6.87. The fourth-order valence-corrected chi connectivity index (χ4v) is 4.44. The minimum atomic E-state index is -0.579. The van der Waals surface area contributed by atoms with Crippen LogP contribution in [-0.2, 0) is 0 Å². The summed E-state index contributed by atoms with van der Waals surface area (Å²) < 4.78 is 10.6. The second kappa shape index (κ2) is 6.30. The van der Waals surface area contributed by atoms with Gasteiger partial charge in [-0.1, -0.05) is 6.07 Å². The largest absolute Gasteiger partial charge is 0.493 e. The number of hydrogen-bond donors (Lipinski definition) is 3. The summed E-state index contributed by atoms with van der Waals surface area (Å²) in [4.78, 5) is 0. The number of hydrogen-bond acceptors (Lipinski definition) is 5. The Bertz CT molecular complexity index is 548. The van der Waals surface area contributed by atoms with Gasteiger partial charge < -0.3 is 24.8 Å². The maximum absolute atomic E-state index is 10.7. The van der Waals surface area contributed by atoms with Gasteiger partial charge in [-0.05, 0) is 49.8 Å². The van der Waals surface area contributed by atoms with Gasteiger partial charge in [-0.25, -0.2) is 0 Å². The van der Waals surface area contributed by atoms with Gasteiger partial charge in [0, 0.05) is 11.3 Å². The van der Waals surface area contributed by atoms with Crippen molar-refractivity contribution in [3.8, 4) is 11.5 Å². The first-order chi connectivity index (χ1) is 11.0. The first-order valence-corrected chi connectivity index (χ1v) is 8.28. The molecular formula is C18H26O5. The minimum Gasteiger partial charge on any atom is -0.493 e. The smallest absolute Gasteiger partial charge is 0.160 e. The molecule has 0 amide bonds. The molecular weight excluding hydrogens is 296 g/mol. The van der Waals surface area contributed by atoms with Gasteiger partial charge in [-0.15, -0.1) is 0 Å². The van der Waals surface area contributed by atoms with Crippen LogP contribution in [0, 0.1) is 5.41 Å². The Morgan fingerprint density at radius 1 is 0.957 bits per heavy atom. The Hall–Kier alpha value is -1.30. The predicted octanol–water partition coefficient (Wildman–Crippen LogP) is 1.83. The predicted molar refractivity (Wildman–Crippen MR) is 85.8 cm³/mol. The fourth-order valence-electron chi connectivity index (χ4n) is 4.44. The van der Waals surface area contributed by atoms with Crippen LogP contribution in [0.4, 0.5) is 0 Å². The van der Waals surface area contributed by atoms with Crippen molar-refractivity contribution in [1.29, 1.82) is 0 Å². The van der Waals surface area contributed by atoms with Gasteiger partial charge in [-0.3, -0.25) is 0 Å². The molecule has 4 atom stereocenters. The summed E-state index contributed by atoms with van der Waals surface area (Å²) in [5, 5.41) is 31.3. The molecule has 5 heteroatoms. The van der Waals surface area contributed by atoms with E-state index >= 15 is 0 Å². The Kier molecular flexibility index (Phi) is 4.54. The molecule has 3 N–H and O–H groups in total. The number of methoxy groups -OCH3 is 2. The molecule has 2 saturated carbocycles. The highest BCUT2D eigenvalue weighted by molar-refractivity contribution is 5.44. The monoisotopic (exact) mass is 322 g/mol. The average Bonchev–Trinajstić information content (AvgIpc) is 2.82. The van der Waals surface area contributed by atoms with E-state index in [4.69, 9.17) is 9.47 Å². The Balaban J connectivity index is 1.81. The molecule has 3 rings (SSSR count). The fraction of sp³-hybridized carbons (Fsp3) is 0.667. The van der Waals surface area contributed by atoms with E-state index < -0.39 is 23.7 Å². The maximum Gasteiger partial charge on any atom is 0.160 e. The van der Waals surface area contributed by atoms with Crippen molar-refractivity contribution in [2.24, 2.45) is 5.41 Å². The molecule has 0 heterocycles. The average molecular weight is 322 g/mol. The van der Waals surface area contributed by atoms with Gasteiger partial charge in [0.2, 0.25) is 0 Å². The zero-order valence-corrected chi connectivity index (χ0v) is 13.7. The van der Waals surface area contributed by atoms with E-state index in [1.54, 1.807) is 14.2 Å². The molecule has 23 heavy (non-hydrogen) atoms. The van der Waals surface area contributed by atoms with Crippen molar-refractivity contribution >= 4 is 0 Å². The third-order valence-electron chi connectivity index (χ3n) is 5.85. The zero-order chi connectivity index (χ0) is 16.6. The van der Waals surface area contributed by atoms with Gasteiger partial charge in [0.1, 0.15) is 0 Å². The Morgan fingerprint density at radius 3 is 2.17 bits per heavy atom. The van der Waals surface area contributed by atoms with Crippen molar-refractivity contribution in [3.63, 3.8) is 0 Å². The van der Waals surface area contributed by atoms with E-state index in [-0.39, 0.29) is 5.92 Å². The van der Waals surface area contributed by atoms with Gasteiger partial charge in [0.05, 0.1) is 32.5 Å². The van der Waals surface area contributed by atoms with Gasteiger partial charge in [-0.2, -0.15) is 0 Å². The molecule has 2 aliphatic rings. The standard InChI is InChI=1S/C18H26O5/c1-22-14-4-3-11(9-15(14)23-2)12-7-8-18(10-13(12)19)16(20)5-6-17(18)21/h3-4,9,12-13,16-17,19-21H,5-8,10H2,1-2H3. The summed E-state index contributed by atoms with van der Waals surface area (Å²) in [5.41, 5.74) is 0.471. The number of ether oxygens (including phenoxy) is 2. The summed E-state index contributed by atoms with van der Waals surface area (Å²) in [6, 6.07) is 5.71. The van der Waals surface area contributed by atoms with Crippen LogP contribution in [0.3, 0.4) is 0 Å². The van der Waals surface area contributed by atoms with Crippen LogP contribution in [0.15, 0.2) is 18.2 Å². The lowest BCUT2D eigenvalue weighted by Gasteiger charge is -2.44. The summed E-state index contributed by atoms with van der Waals surface area (Å²) in [6.07, 6.45) is 1.54. The van der Waals surface area contributed by atoms with Crippen molar-refractivity contribution in [2.75, 3.05) is 14.2 Å². The molecule has 1 aromatic rings. The van der Waals surface area contributed by atoms with E-state index in [0.717, 1.165) is 18.4 Å². The molecule has 1 spiro atoms. The molecule has 5 nitrogen and oxygen atoms in total. The molecule has 0 aromatic heterocycles. The maximum atomic E-state index is 10.7. The van der Waals surface area contributed by atoms with Crippen molar-refractivity contribution in [3.05, 3.63) is 23.8 Å². The van der Waals surface area contributed by atoms with E-state index in [9.17, 15) is 15.3 Å². The lowest BCUT2D eigenvalue weighted by atomic mass is 9.64. The second-order valence-electron chi connectivity index (χ2n) is 6.87. The first-order valence-electron chi connectivity index (χ1n) is 8.28. The SMILES string of the molecule is COc1ccc(C2CCC3(CC2O)C(O)CCC3O)cc1OC. The molecule has 0 aliphatic heterocycles. The molecule has 128 valence electrons. The molecule has 1 aromatic carbocycles. The molecule has 0 saturated heterocycles. The van der Waals surface area contributed by atoms with Gasteiger partial charge in [0.15, 0.2) is 11.5 Å². The van der Waals surface area contributed by atoms with E-state index in [2.05, 4.69) is 0 Å². The topological polar surface area (TPSA) is 79.2 Å². The lowest BCUT2D eigenvalue weighted by molar-refractivity contribution is -0.0872. The molecule has 2 fully saturated rings. The van der Waals surface area contributed by atoms with Crippen LogP contribution >= 0.6 is 0 Å². The first kappa shape index (κ1) is 16.6. The highest BCUT2D eigenvalue weighted by atomic mass is 16.5. The normalized spacial score (nSPS) is 37.1. The zero-order valence-electron chi connectivity index (χ0n) is 13.7. The van der Waals surface area contributed by atoms with Crippen LogP contribution in [0.2, 0.25) is 0 Å². The van der Waals surface area contributed by atoms with E-state index in [1.807, 2.05) is 18.2 Å². The molecule has 2 aliphatic carbocycles. The Labute approximate surface area is 136 Å². The third kappa shape index (κ3) is 2.71. The summed E-state index contributed by atoms with van der Waals surface area (Å²) in [7, 11) is 3.19. The van der Waals surface area contributed by atoms with E-state index in [0.29, 0.717) is 30.8 Å². The quantitative estimate of drug-likeness (QED) is 0.791. The van der Waals surface area contributed by atoms with Crippen LogP contribution < -0.4 is 9.47 Å². The van der Waals surface area contributed by atoms with Crippen LogP contribution in [0.1, 0.15) is 43.6 Å². The third-order valence-corrected chi connectivity index (χ3v) is 5.85. The summed E-state index contributed by atoms with van der Waals surface area (Å²) in [6.45, 7) is 0. The number of aliphatic hydroxyl groups excluding tert-OH is 3. The lowest BCUT2D eigenvalue weighted by Crippen LogP contribution is -2.46. The van der Waals surface area contributed by atoms with Crippen molar-refractivity contribution in [1.82, 2.24) is 0 Å². The summed E-state index contributed by atoms with van der Waals surface area (Å²) in [5.74, 6) is 1.30. The number of benzene rings is 1. The highest BCUT2D eigenvalue weighted by Crippen LogP contribution is 2.52. The number of rotatable bonds is 3. The number of aliphatic hydroxyl groups is 3. The molecule has 4 unspecified atom stereocenters. The van der Waals surface area contributed by atoms with Crippen molar-refractivity contribution in [2.45, 2.75) is 56.3 Å². The minimum absolute atomic E-state index is 0.0135. The van der Waals surface area contributed by atoms with Gasteiger partial charge in [0.25, 0.3) is 0 Å². The van der Waals surface area contributed by atoms with Gasteiger partial charge >= 0.3 is 0 Å². The van der Waals surface area contributed by atoms with E-state index in [1.165, 1.54) is 0 Å². The van der Waals surface area contributed by atoms with Crippen LogP contribution in [-0.4, -0.2) is 47.9 Å². The molecule has 0 bridgehead atoms.